The fourth-order valence-corrected chi connectivity index (χ4v) is 3.67. The second kappa shape index (κ2) is 6.96. The van der Waals surface area contributed by atoms with Crippen LogP contribution in [-0.4, -0.2) is 32.7 Å². The van der Waals surface area contributed by atoms with E-state index < -0.39 is 0 Å². The highest BCUT2D eigenvalue weighted by Gasteiger charge is 2.19. The first kappa shape index (κ1) is 16.8. The molecule has 0 bridgehead atoms. The van der Waals surface area contributed by atoms with Crippen LogP contribution in [-0.2, 0) is 13.1 Å². The van der Waals surface area contributed by atoms with Crippen LogP contribution in [0.25, 0.3) is 5.69 Å². The van der Waals surface area contributed by atoms with Gasteiger partial charge in [-0.2, -0.15) is 10.2 Å². The zero-order chi connectivity index (χ0) is 18.1. The average molecular weight is 350 g/mol. The minimum atomic E-state index is 0.534. The van der Waals surface area contributed by atoms with Crippen molar-refractivity contribution in [2.24, 2.45) is 5.92 Å². The van der Waals surface area contributed by atoms with Crippen molar-refractivity contribution in [1.29, 1.82) is 0 Å². The SMILES string of the molecule is Cc1cc2n(n1)C[C@H](CNCc1c(C)nn(-c3ccccc3)c1C)CN2. The van der Waals surface area contributed by atoms with Crippen LogP contribution in [0.2, 0.25) is 0 Å². The van der Waals surface area contributed by atoms with Gasteiger partial charge in [0, 0.05) is 49.4 Å². The highest BCUT2D eigenvalue weighted by atomic mass is 15.3. The van der Waals surface area contributed by atoms with Gasteiger partial charge in [0.05, 0.1) is 17.1 Å². The molecule has 136 valence electrons. The normalized spacial score (nSPS) is 16.3. The van der Waals surface area contributed by atoms with Gasteiger partial charge in [-0.15, -0.1) is 0 Å². The molecule has 0 saturated heterocycles. The Morgan fingerprint density at radius 3 is 2.77 bits per heavy atom. The number of aromatic nitrogens is 4. The van der Waals surface area contributed by atoms with Crippen LogP contribution in [0.15, 0.2) is 36.4 Å². The van der Waals surface area contributed by atoms with Gasteiger partial charge < -0.3 is 10.6 Å². The van der Waals surface area contributed by atoms with E-state index in [9.17, 15) is 0 Å². The number of benzene rings is 1. The minimum absolute atomic E-state index is 0.534. The molecule has 1 atom stereocenters. The molecule has 0 aliphatic carbocycles. The van der Waals surface area contributed by atoms with Crippen molar-refractivity contribution < 1.29 is 0 Å². The summed E-state index contributed by atoms with van der Waals surface area (Å²) in [6, 6.07) is 12.4. The maximum atomic E-state index is 4.73. The summed E-state index contributed by atoms with van der Waals surface area (Å²) < 4.78 is 4.11. The molecule has 0 unspecified atom stereocenters. The number of hydrogen-bond donors (Lipinski definition) is 2. The molecule has 6 heteroatoms. The molecule has 0 radical (unpaired) electrons. The summed E-state index contributed by atoms with van der Waals surface area (Å²) in [5.74, 6) is 1.67. The third kappa shape index (κ3) is 3.24. The Kier molecular flexibility index (Phi) is 4.51. The van der Waals surface area contributed by atoms with Gasteiger partial charge in [-0.25, -0.2) is 9.36 Å². The fourth-order valence-electron chi connectivity index (χ4n) is 3.67. The van der Waals surface area contributed by atoms with E-state index in [0.29, 0.717) is 5.92 Å². The highest BCUT2D eigenvalue weighted by molar-refractivity contribution is 5.38. The van der Waals surface area contributed by atoms with Gasteiger partial charge in [0.2, 0.25) is 0 Å². The largest absolute Gasteiger partial charge is 0.370 e. The van der Waals surface area contributed by atoms with Gasteiger partial charge in [0.15, 0.2) is 0 Å². The van der Waals surface area contributed by atoms with Gasteiger partial charge in [0.25, 0.3) is 0 Å². The molecule has 1 aliphatic rings. The van der Waals surface area contributed by atoms with Crippen molar-refractivity contribution in [2.45, 2.75) is 33.9 Å². The fraction of sp³-hybridized carbons (Fsp3) is 0.400. The van der Waals surface area contributed by atoms with Crippen molar-refractivity contribution >= 4 is 5.82 Å². The van der Waals surface area contributed by atoms with Crippen LogP contribution in [0.4, 0.5) is 5.82 Å². The topological polar surface area (TPSA) is 59.7 Å². The zero-order valence-corrected chi connectivity index (χ0v) is 15.7. The Morgan fingerprint density at radius 1 is 1.15 bits per heavy atom. The van der Waals surface area contributed by atoms with Crippen molar-refractivity contribution in [3.8, 4) is 5.69 Å². The standard InChI is InChI=1S/C20H26N6/c1-14-9-20-22-11-17(13-25(20)23-14)10-21-12-19-15(2)24-26(16(19)3)18-7-5-4-6-8-18/h4-9,17,21-22H,10-13H2,1-3H3/t17-/m1/s1. The van der Waals surface area contributed by atoms with Crippen molar-refractivity contribution in [2.75, 3.05) is 18.4 Å². The molecular formula is C20H26N6. The first-order valence-electron chi connectivity index (χ1n) is 9.21. The molecular weight excluding hydrogens is 324 g/mol. The molecule has 3 aromatic rings. The molecule has 3 heterocycles. The van der Waals surface area contributed by atoms with Crippen LogP contribution in [0.3, 0.4) is 0 Å². The van der Waals surface area contributed by atoms with Crippen LogP contribution < -0.4 is 10.6 Å². The lowest BCUT2D eigenvalue weighted by Gasteiger charge is -2.25. The molecule has 4 rings (SSSR count). The Hall–Kier alpha value is -2.60. The summed E-state index contributed by atoms with van der Waals surface area (Å²) in [5.41, 5.74) is 5.75. The maximum absolute atomic E-state index is 4.73. The van der Waals surface area contributed by atoms with Crippen LogP contribution >= 0.6 is 0 Å². The Labute approximate surface area is 154 Å². The van der Waals surface area contributed by atoms with Gasteiger partial charge >= 0.3 is 0 Å². The third-order valence-electron chi connectivity index (χ3n) is 5.08. The Morgan fingerprint density at radius 2 is 1.96 bits per heavy atom. The average Bonchev–Trinajstić information content (AvgIpc) is 3.15. The second-order valence-corrected chi connectivity index (χ2v) is 7.13. The second-order valence-electron chi connectivity index (χ2n) is 7.13. The van der Waals surface area contributed by atoms with E-state index in [0.717, 1.165) is 49.1 Å². The molecule has 0 fully saturated rings. The first-order valence-corrected chi connectivity index (χ1v) is 9.21. The molecule has 0 saturated carbocycles. The smallest absolute Gasteiger partial charge is 0.124 e. The van der Waals surface area contributed by atoms with E-state index in [-0.39, 0.29) is 0 Å². The first-order chi connectivity index (χ1) is 12.6. The van der Waals surface area contributed by atoms with Crippen molar-refractivity contribution in [3.05, 3.63) is 59.0 Å². The number of para-hydroxylation sites is 1. The summed E-state index contributed by atoms with van der Waals surface area (Å²) in [5, 5.41) is 16.4. The van der Waals surface area contributed by atoms with Crippen LogP contribution in [0.5, 0.6) is 0 Å². The van der Waals surface area contributed by atoms with E-state index in [2.05, 4.69) is 52.5 Å². The molecule has 6 nitrogen and oxygen atoms in total. The van der Waals surface area contributed by atoms with E-state index in [1.54, 1.807) is 0 Å². The van der Waals surface area contributed by atoms with Crippen molar-refractivity contribution in [1.82, 2.24) is 24.9 Å². The van der Waals surface area contributed by atoms with Gasteiger partial charge in [-0.1, -0.05) is 18.2 Å². The van der Waals surface area contributed by atoms with E-state index in [4.69, 9.17) is 5.10 Å². The highest BCUT2D eigenvalue weighted by Crippen LogP contribution is 2.19. The number of nitrogens with zero attached hydrogens (tertiary/aromatic N) is 4. The zero-order valence-electron chi connectivity index (χ0n) is 15.7. The Balaban J connectivity index is 1.39. The molecule has 0 spiro atoms. The van der Waals surface area contributed by atoms with Gasteiger partial charge in [0.1, 0.15) is 5.82 Å². The summed E-state index contributed by atoms with van der Waals surface area (Å²) in [4.78, 5) is 0. The summed E-state index contributed by atoms with van der Waals surface area (Å²) in [7, 11) is 0. The lowest BCUT2D eigenvalue weighted by atomic mass is 10.1. The number of aryl methyl sites for hydroxylation is 2. The molecule has 2 aromatic heterocycles. The van der Waals surface area contributed by atoms with Crippen molar-refractivity contribution in [3.63, 3.8) is 0 Å². The number of rotatable bonds is 5. The molecule has 26 heavy (non-hydrogen) atoms. The lowest BCUT2D eigenvalue weighted by molar-refractivity contribution is 0.390. The predicted octanol–water partition coefficient (Wildman–Crippen LogP) is 2.83. The molecule has 0 amide bonds. The molecule has 1 aliphatic heterocycles. The molecule has 2 N–H and O–H groups in total. The number of anilines is 1. The third-order valence-corrected chi connectivity index (χ3v) is 5.08. The summed E-state index contributed by atoms with van der Waals surface area (Å²) in [6.07, 6.45) is 0. The van der Waals surface area contributed by atoms with E-state index in [1.165, 1.54) is 11.3 Å². The van der Waals surface area contributed by atoms with Gasteiger partial charge in [-0.3, -0.25) is 0 Å². The lowest BCUT2D eigenvalue weighted by Crippen LogP contribution is -2.35. The number of fused-ring (bicyclic) bond motifs is 1. The van der Waals surface area contributed by atoms with Crippen LogP contribution in [0, 0.1) is 26.7 Å². The van der Waals surface area contributed by atoms with E-state index >= 15 is 0 Å². The van der Waals surface area contributed by atoms with Gasteiger partial charge in [-0.05, 0) is 32.9 Å². The molecule has 1 aromatic carbocycles. The quantitative estimate of drug-likeness (QED) is 0.743. The number of nitrogens with one attached hydrogen (secondary N) is 2. The predicted molar refractivity (Wildman–Crippen MR) is 104 cm³/mol. The van der Waals surface area contributed by atoms with E-state index in [1.807, 2.05) is 29.8 Å². The summed E-state index contributed by atoms with van der Waals surface area (Å²) >= 11 is 0. The maximum Gasteiger partial charge on any atom is 0.124 e. The monoisotopic (exact) mass is 350 g/mol. The number of hydrogen-bond acceptors (Lipinski definition) is 4. The summed E-state index contributed by atoms with van der Waals surface area (Å²) in [6.45, 7) is 10.0. The Bertz CT molecular complexity index is 893. The minimum Gasteiger partial charge on any atom is -0.370 e. The van der Waals surface area contributed by atoms with Crippen LogP contribution in [0.1, 0.15) is 22.6 Å².